The molecule has 0 fully saturated rings. The molecule has 0 unspecified atom stereocenters. The van der Waals surface area contributed by atoms with Crippen LogP contribution in [0.15, 0.2) is 36.7 Å². The van der Waals surface area contributed by atoms with E-state index in [0.717, 1.165) is 41.2 Å². The van der Waals surface area contributed by atoms with Crippen molar-refractivity contribution in [1.29, 1.82) is 0 Å². The van der Waals surface area contributed by atoms with Gasteiger partial charge in [0.25, 0.3) is 0 Å². The van der Waals surface area contributed by atoms with Crippen LogP contribution in [0.5, 0.6) is 0 Å². The summed E-state index contributed by atoms with van der Waals surface area (Å²) in [5.74, 6) is 0.740. The first-order chi connectivity index (χ1) is 13.1. The normalized spacial score (nSPS) is 15.9. The highest BCUT2D eigenvalue weighted by molar-refractivity contribution is 7.19. The molecule has 0 bridgehead atoms. The Hall–Kier alpha value is -2.51. The number of nitrogens with zero attached hydrogens (tertiary/aromatic N) is 4. The molecular formula is C20H21N5OS. The van der Waals surface area contributed by atoms with Crippen molar-refractivity contribution in [2.24, 2.45) is 0 Å². The Balaban J connectivity index is 1.51. The molecule has 0 saturated carbocycles. The van der Waals surface area contributed by atoms with Crippen LogP contribution >= 0.6 is 11.3 Å². The molecular weight excluding hydrogens is 358 g/mol. The summed E-state index contributed by atoms with van der Waals surface area (Å²) in [6.45, 7) is 5.69. The number of aromatic nitrogens is 4. The number of anilines is 1. The largest absolute Gasteiger partial charge is 0.370 e. The van der Waals surface area contributed by atoms with Crippen molar-refractivity contribution in [3.63, 3.8) is 0 Å². The summed E-state index contributed by atoms with van der Waals surface area (Å²) in [4.78, 5) is 11.7. The summed E-state index contributed by atoms with van der Waals surface area (Å²) in [7, 11) is 0. The first kappa shape index (κ1) is 16.6. The monoisotopic (exact) mass is 379 g/mol. The van der Waals surface area contributed by atoms with Gasteiger partial charge in [-0.3, -0.25) is 0 Å². The molecule has 4 aromatic rings. The van der Waals surface area contributed by atoms with Crippen molar-refractivity contribution in [2.45, 2.75) is 38.9 Å². The fraction of sp³-hybridized carbons (Fsp3) is 0.350. The lowest BCUT2D eigenvalue weighted by molar-refractivity contribution is -0.0379. The number of hydrogen-bond donors (Lipinski definition) is 1. The zero-order valence-electron chi connectivity index (χ0n) is 15.4. The summed E-state index contributed by atoms with van der Waals surface area (Å²) >= 11 is 1.71. The molecule has 1 aromatic carbocycles. The van der Waals surface area contributed by atoms with E-state index in [4.69, 9.17) is 9.72 Å². The number of ether oxygens (including phenoxy) is 1. The molecule has 0 saturated heterocycles. The van der Waals surface area contributed by atoms with Crippen molar-refractivity contribution in [3.05, 3.63) is 52.7 Å². The second kappa shape index (κ2) is 6.28. The van der Waals surface area contributed by atoms with Crippen LogP contribution < -0.4 is 5.32 Å². The fourth-order valence-corrected chi connectivity index (χ4v) is 4.73. The van der Waals surface area contributed by atoms with Gasteiger partial charge in [0, 0.05) is 17.8 Å². The maximum Gasteiger partial charge on any atom is 0.227 e. The van der Waals surface area contributed by atoms with Crippen LogP contribution in [0.25, 0.3) is 15.9 Å². The van der Waals surface area contributed by atoms with Gasteiger partial charge in [-0.1, -0.05) is 30.3 Å². The molecule has 0 radical (unpaired) electrons. The van der Waals surface area contributed by atoms with Crippen LogP contribution in [0.1, 0.15) is 29.9 Å². The molecule has 138 valence electrons. The van der Waals surface area contributed by atoms with E-state index in [1.165, 1.54) is 16.0 Å². The van der Waals surface area contributed by atoms with Gasteiger partial charge in [-0.2, -0.15) is 9.61 Å². The average molecular weight is 379 g/mol. The fourth-order valence-electron chi connectivity index (χ4n) is 3.64. The van der Waals surface area contributed by atoms with Crippen molar-refractivity contribution in [1.82, 2.24) is 19.6 Å². The Morgan fingerprint density at radius 3 is 2.96 bits per heavy atom. The average Bonchev–Trinajstić information content (AvgIpc) is 3.26. The van der Waals surface area contributed by atoms with Gasteiger partial charge in [0.05, 0.1) is 17.6 Å². The Morgan fingerprint density at radius 2 is 2.11 bits per heavy atom. The van der Waals surface area contributed by atoms with E-state index in [1.54, 1.807) is 17.7 Å². The van der Waals surface area contributed by atoms with Crippen molar-refractivity contribution >= 4 is 33.1 Å². The van der Waals surface area contributed by atoms with Crippen LogP contribution in [0, 0.1) is 0 Å². The summed E-state index contributed by atoms with van der Waals surface area (Å²) < 4.78 is 7.81. The van der Waals surface area contributed by atoms with Gasteiger partial charge in [-0.25, -0.2) is 9.97 Å². The van der Waals surface area contributed by atoms with E-state index >= 15 is 0 Å². The molecule has 6 nitrogen and oxygen atoms in total. The minimum absolute atomic E-state index is 0.162. The van der Waals surface area contributed by atoms with E-state index in [2.05, 4.69) is 53.5 Å². The van der Waals surface area contributed by atoms with Crippen LogP contribution in [-0.2, 0) is 24.2 Å². The Bertz CT molecular complexity index is 1120. The molecule has 5 rings (SSSR count). The van der Waals surface area contributed by atoms with E-state index < -0.39 is 0 Å². The van der Waals surface area contributed by atoms with Crippen LogP contribution in [0.4, 0.5) is 5.95 Å². The van der Waals surface area contributed by atoms with E-state index in [-0.39, 0.29) is 5.60 Å². The van der Waals surface area contributed by atoms with Crippen LogP contribution in [-0.4, -0.2) is 31.7 Å². The highest BCUT2D eigenvalue weighted by Crippen LogP contribution is 2.40. The topological polar surface area (TPSA) is 64.3 Å². The minimum Gasteiger partial charge on any atom is -0.370 e. The van der Waals surface area contributed by atoms with Gasteiger partial charge in [0.15, 0.2) is 5.65 Å². The van der Waals surface area contributed by atoms with Crippen molar-refractivity contribution < 1.29 is 4.74 Å². The molecule has 7 heteroatoms. The second-order valence-corrected chi connectivity index (χ2v) is 8.59. The molecule has 1 aliphatic heterocycles. The van der Waals surface area contributed by atoms with Gasteiger partial charge in [-0.15, -0.1) is 11.3 Å². The Kier molecular flexibility index (Phi) is 3.87. The third-order valence-corrected chi connectivity index (χ3v) is 6.09. The smallest absolute Gasteiger partial charge is 0.227 e. The molecule has 1 aliphatic rings. The van der Waals surface area contributed by atoms with Gasteiger partial charge >= 0.3 is 0 Å². The van der Waals surface area contributed by atoms with Gasteiger partial charge in [0.2, 0.25) is 5.95 Å². The highest BCUT2D eigenvalue weighted by atomic mass is 32.1. The molecule has 27 heavy (non-hydrogen) atoms. The number of hydrogen-bond acceptors (Lipinski definition) is 6. The van der Waals surface area contributed by atoms with Gasteiger partial charge in [-0.05, 0) is 31.4 Å². The molecule has 4 heterocycles. The highest BCUT2D eigenvalue weighted by Gasteiger charge is 2.31. The van der Waals surface area contributed by atoms with Crippen LogP contribution in [0.3, 0.4) is 0 Å². The number of thiophene rings is 1. The first-order valence-corrected chi connectivity index (χ1v) is 9.98. The summed E-state index contributed by atoms with van der Waals surface area (Å²) in [6.07, 6.45) is 3.40. The van der Waals surface area contributed by atoms with Crippen LogP contribution in [0.2, 0.25) is 0 Å². The summed E-state index contributed by atoms with van der Waals surface area (Å²) in [5, 5.41) is 8.97. The Labute approximate surface area is 161 Å². The lowest BCUT2D eigenvalue weighted by Gasteiger charge is -2.30. The number of rotatable bonds is 4. The third-order valence-electron chi connectivity index (χ3n) is 4.99. The van der Waals surface area contributed by atoms with Crippen molar-refractivity contribution in [2.75, 3.05) is 11.9 Å². The number of benzene rings is 1. The molecule has 1 N–H and O–H groups in total. The van der Waals surface area contributed by atoms with Crippen molar-refractivity contribution in [3.8, 4) is 0 Å². The quantitative estimate of drug-likeness (QED) is 0.584. The van der Waals surface area contributed by atoms with E-state index in [0.29, 0.717) is 6.61 Å². The standard InChI is InChI=1S/C20H21N5OS/c1-20(2)10-14-15(11-26-20)27-18-16(14)17-22-12-23-25(17)19(24-18)21-9-8-13-6-4-3-5-7-13/h3-7,12H,8-11H2,1-2H3,(H,21,24). The second-order valence-electron chi connectivity index (χ2n) is 7.50. The first-order valence-electron chi connectivity index (χ1n) is 9.16. The molecule has 0 atom stereocenters. The summed E-state index contributed by atoms with van der Waals surface area (Å²) in [5.41, 5.74) is 3.32. The summed E-state index contributed by atoms with van der Waals surface area (Å²) in [6, 6.07) is 10.4. The molecule has 0 spiro atoms. The van der Waals surface area contributed by atoms with E-state index in [1.807, 2.05) is 10.6 Å². The van der Waals surface area contributed by atoms with Gasteiger partial charge < -0.3 is 10.1 Å². The maximum atomic E-state index is 5.98. The minimum atomic E-state index is -0.162. The molecule has 0 amide bonds. The zero-order valence-corrected chi connectivity index (χ0v) is 16.2. The lowest BCUT2D eigenvalue weighted by atomic mass is 9.94. The number of nitrogens with one attached hydrogen (secondary N) is 1. The zero-order chi connectivity index (χ0) is 18.4. The SMILES string of the molecule is CC1(C)Cc2c(sc3nc(NCCc4ccccc4)n4ncnc4c23)CO1. The number of fused-ring (bicyclic) bond motifs is 5. The predicted octanol–water partition coefficient (Wildman–Crippen LogP) is 3.84. The maximum absolute atomic E-state index is 5.98. The van der Waals surface area contributed by atoms with E-state index in [9.17, 15) is 0 Å². The lowest BCUT2D eigenvalue weighted by Crippen LogP contribution is -2.31. The third kappa shape index (κ3) is 2.96. The predicted molar refractivity (Wildman–Crippen MR) is 107 cm³/mol. The molecule has 3 aromatic heterocycles. The van der Waals surface area contributed by atoms with Gasteiger partial charge in [0.1, 0.15) is 11.2 Å². The molecule has 0 aliphatic carbocycles. The Morgan fingerprint density at radius 1 is 1.26 bits per heavy atom.